The first-order valence-corrected chi connectivity index (χ1v) is 10.0. The fraction of sp³-hybridized carbons (Fsp3) is 0.571. The fourth-order valence-corrected chi connectivity index (χ4v) is 3.45. The number of carbonyl (C=O) groups excluding carboxylic acids is 2. The van der Waals surface area contributed by atoms with Crippen LogP contribution in [0.15, 0.2) is 24.4 Å². The van der Waals surface area contributed by atoms with E-state index >= 15 is 0 Å². The minimum Gasteiger partial charge on any atom is -0.444 e. The highest BCUT2D eigenvalue weighted by atomic mass is 16.6. The molecule has 158 valence electrons. The van der Waals surface area contributed by atoms with Gasteiger partial charge >= 0.3 is 6.09 Å². The summed E-state index contributed by atoms with van der Waals surface area (Å²) in [6.07, 6.45) is 2.32. The molecular weight excluding hydrogens is 370 g/mol. The number of nitrogens with zero attached hydrogens (tertiary/aromatic N) is 5. The molecule has 2 aromatic heterocycles. The van der Waals surface area contributed by atoms with Gasteiger partial charge in [0.1, 0.15) is 11.2 Å². The van der Waals surface area contributed by atoms with E-state index in [2.05, 4.69) is 4.98 Å². The lowest BCUT2D eigenvalue weighted by Gasteiger charge is -2.26. The minimum atomic E-state index is -0.531. The molecule has 3 rings (SSSR count). The van der Waals surface area contributed by atoms with Crippen LogP contribution >= 0.6 is 0 Å². The number of carbonyl (C=O) groups is 2. The van der Waals surface area contributed by atoms with Crippen molar-refractivity contribution in [3.05, 3.63) is 35.8 Å². The Kier molecular flexibility index (Phi) is 6.12. The maximum absolute atomic E-state index is 13.3. The SMILES string of the molecule is CN(C)Cc1c(C(=O)N2CCCN(C(=O)OC(C)(C)C)CC2)nc2ccccn12. The van der Waals surface area contributed by atoms with Crippen LogP contribution in [0.3, 0.4) is 0 Å². The zero-order valence-corrected chi connectivity index (χ0v) is 18.0. The van der Waals surface area contributed by atoms with Gasteiger partial charge in [-0.1, -0.05) is 6.07 Å². The smallest absolute Gasteiger partial charge is 0.410 e. The van der Waals surface area contributed by atoms with Gasteiger partial charge in [0, 0.05) is 38.9 Å². The number of hydrogen-bond donors (Lipinski definition) is 0. The zero-order valence-electron chi connectivity index (χ0n) is 18.0. The van der Waals surface area contributed by atoms with Gasteiger partial charge in [-0.2, -0.15) is 0 Å². The molecule has 0 saturated carbocycles. The number of rotatable bonds is 3. The molecule has 1 aliphatic rings. The molecule has 0 aromatic carbocycles. The Balaban J connectivity index is 1.78. The second kappa shape index (κ2) is 8.41. The number of aromatic nitrogens is 2. The molecule has 29 heavy (non-hydrogen) atoms. The summed E-state index contributed by atoms with van der Waals surface area (Å²) in [6, 6.07) is 5.76. The summed E-state index contributed by atoms with van der Waals surface area (Å²) >= 11 is 0. The monoisotopic (exact) mass is 401 g/mol. The third-order valence-corrected chi connectivity index (χ3v) is 4.73. The molecule has 8 nitrogen and oxygen atoms in total. The molecule has 0 bridgehead atoms. The predicted molar refractivity (Wildman–Crippen MR) is 111 cm³/mol. The average Bonchev–Trinajstić information content (AvgIpc) is 2.82. The van der Waals surface area contributed by atoms with E-state index in [1.807, 2.05) is 68.6 Å². The third-order valence-electron chi connectivity index (χ3n) is 4.73. The molecule has 0 spiro atoms. The van der Waals surface area contributed by atoms with Gasteiger partial charge in [0.15, 0.2) is 5.69 Å². The second-order valence-electron chi connectivity index (χ2n) is 8.69. The number of fused-ring (bicyclic) bond motifs is 1. The summed E-state index contributed by atoms with van der Waals surface area (Å²) < 4.78 is 7.45. The van der Waals surface area contributed by atoms with E-state index in [-0.39, 0.29) is 12.0 Å². The highest BCUT2D eigenvalue weighted by molar-refractivity contribution is 5.94. The zero-order chi connectivity index (χ0) is 21.2. The number of amides is 2. The second-order valence-corrected chi connectivity index (χ2v) is 8.69. The summed E-state index contributed by atoms with van der Waals surface area (Å²) in [7, 11) is 3.95. The van der Waals surface area contributed by atoms with Crippen LogP contribution < -0.4 is 0 Å². The molecule has 1 fully saturated rings. The third kappa shape index (κ3) is 5.06. The number of imidazole rings is 1. The van der Waals surface area contributed by atoms with Gasteiger partial charge in [-0.3, -0.25) is 4.79 Å². The predicted octanol–water partition coefficient (Wildman–Crippen LogP) is 2.48. The summed E-state index contributed by atoms with van der Waals surface area (Å²) in [5.41, 5.74) is 1.59. The van der Waals surface area contributed by atoms with Crippen molar-refractivity contribution in [1.29, 1.82) is 0 Å². The molecule has 2 aromatic rings. The van der Waals surface area contributed by atoms with Crippen molar-refractivity contribution in [3.63, 3.8) is 0 Å². The van der Waals surface area contributed by atoms with Crippen LogP contribution in [-0.4, -0.2) is 82.0 Å². The fourth-order valence-electron chi connectivity index (χ4n) is 3.45. The number of pyridine rings is 1. The molecular formula is C21H31N5O3. The first kappa shape index (κ1) is 21.1. The van der Waals surface area contributed by atoms with Gasteiger partial charge in [0.2, 0.25) is 0 Å². The highest BCUT2D eigenvalue weighted by Crippen LogP contribution is 2.18. The van der Waals surface area contributed by atoms with E-state index in [0.717, 1.165) is 11.3 Å². The maximum atomic E-state index is 13.3. The largest absolute Gasteiger partial charge is 0.444 e. The molecule has 1 aliphatic heterocycles. The Hall–Kier alpha value is -2.61. The summed E-state index contributed by atoms with van der Waals surface area (Å²) in [6.45, 7) is 8.27. The van der Waals surface area contributed by atoms with E-state index in [4.69, 9.17) is 4.74 Å². The first-order valence-electron chi connectivity index (χ1n) is 10.0. The molecule has 0 N–H and O–H groups in total. The van der Waals surface area contributed by atoms with Crippen molar-refractivity contribution in [1.82, 2.24) is 24.1 Å². The summed E-state index contributed by atoms with van der Waals surface area (Å²) in [5.74, 6) is -0.0865. The van der Waals surface area contributed by atoms with Crippen molar-refractivity contribution < 1.29 is 14.3 Å². The van der Waals surface area contributed by atoms with Gasteiger partial charge in [-0.05, 0) is 53.4 Å². The Morgan fingerprint density at radius 3 is 2.48 bits per heavy atom. The van der Waals surface area contributed by atoms with Crippen molar-refractivity contribution in [2.75, 3.05) is 40.3 Å². The van der Waals surface area contributed by atoms with Crippen LogP contribution in [0, 0.1) is 0 Å². The lowest BCUT2D eigenvalue weighted by molar-refractivity contribution is 0.0255. The van der Waals surface area contributed by atoms with E-state index in [1.54, 1.807) is 9.80 Å². The highest BCUT2D eigenvalue weighted by Gasteiger charge is 2.29. The number of ether oxygens (including phenoxy) is 1. The Labute approximate surface area is 172 Å². The molecule has 0 unspecified atom stereocenters. The Morgan fingerprint density at radius 1 is 1.10 bits per heavy atom. The minimum absolute atomic E-state index is 0.0865. The van der Waals surface area contributed by atoms with Crippen molar-refractivity contribution in [2.45, 2.75) is 39.3 Å². The van der Waals surface area contributed by atoms with E-state index < -0.39 is 5.60 Å². The molecule has 0 radical (unpaired) electrons. The average molecular weight is 402 g/mol. The lowest BCUT2D eigenvalue weighted by Crippen LogP contribution is -2.40. The molecule has 1 saturated heterocycles. The van der Waals surface area contributed by atoms with Gasteiger partial charge in [0.25, 0.3) is 5.91 Å². The van der Waals surface area contributed by atoms with E-state index in [9.17, 15) is 9.59 Å². The molecule has 8 heteroatoms. The molecule has 3 heterocycles. The van der Waals surface area contributed by atoms with Crippen molar-refractivity contribution in [3.8, 4) is 0 Å². The van der Waals surface area contributed by atoms with Crippen LogP contribution in [-0.2, 0) is 11.3 Å². The lowest BCUT2D eigenvalue weighted by atomic mass is 10.2. The first-order chi connectivity index (χ1) is 13.7. The van der Waals surface area contributed by atoms with Crippen LogP contribution in [0.1, 0.15) is 43.4 Å². The van der Waals surface area contributed by atoms with Gasteiger partial charge < -0.3 is 23.8 Å². The van der Waals surface area contributed by atoms with Crippen LogP contribution in [0.25, 0.3) is 5.65 Å². The Morgan fingerprint density at radius 2 is 1.79 bits per heavy atom. The maximum Gasteiger partial charge on any atom is 0.410 e. The van der Waals surface area contributed by atoms with Gasteiger partial charge in [-0.25, -0.2) is 9.78 Å². The van der Waals surface area contributed by atoms with E-state index in [1.165, 1.54) is 0 Å². The normalized spacial score (nSPS) is 15.7. The quantitative estimate of drug-likeness (QED) is 0.790. The van der Waals surface area contributed by atoms with Crippen LogP contribution in [0.2, 0.25) is 0 Å². The number of hydrogen-bond acceptors (Lipinski definition) is 5. The van der Waals surface area contributed by atoms with Crippen molar-refractivity contribution >= 4 is 17.6 Å². The topological polar surface area (TPSA) is 70.4 Å². The summed E-state index contributed by atoms with van der Waals surface area (Å²) in [5, 5.41) is 0. The van der Waals surface area contributed by atoms with Crippen molar-refractivity contribution in [2.24, 2.45) is 0 Å². The van der Waals surface area contributed by atoms with E-state index in [0.29, 0.717) is 44.8 Å². The van der Waals surface area contributed by atoms with Crippen LogP contribution in [0.4, 0.5) is 4.79 Å². The Bertz CT molecular complexity index is 884. The van der Waals surface area contributed by atoms with Crippen LogP contribution in [0.5, 0.6) is 0 Å². The van der Waals surface area contributed by atoms with Gasteiger partial charge in [0.05, 0.1) is 5.69 Å². The van der Waals surface area contributed by atoms with Gasteiger partial charge in [-0.15, -0.1) is 0 Å². The standard InChI is InChI=1S/C21H31N5O3/c1-21(2,3)29-20(28)25-11-8-10-24(13-14-25)19(27)18-16(15-23(4)5)26-12-7-6-9-17(26)22-18/h6-7,9,12H,8,10-11,13-15H2,1-5H3. The molecule has 2 amide bonds. The molecule has 0 atom stereocenters. The molecule has 0 aliphatic carbocycles. The summed E-state index contributed by atoms with van der Waals surface area (Å²) in [4.78, 5) is 35.8.